The van der Waals surface area contributed by atoms with Gasteiger partial charge in [-0.2, -0.15) is 0 Å². The Morgan fingerprint density at radius 3 is 2.86 bits per heavy atom. The van der Waals surface area contributed by atoms with Crippen LogP contribution in [0.5, 0.6) is 0 Å². The lowest BCUT2D eigenvalue weighted by Crippen LogP contribution is -2.44. The Labute approximate surface area is 123 Å². The summed E-state index contributed by atoms with van der Waals surface area (Å²) in [6.07, 6.45) is 0.813. The minimum atomic E-state index is -0.341. The van der Waals surface area contributed by atoms with E-state index in [1.165, 1.54) is 6.07 Å². The highest BCUT2D eigenvalue weighted by molar-refractivity contribution is 5.94. The average molecular weight is 293 g/mol. The van der Waals surface area contributed by atoms with E-state index in [0.29, 0.717) is 24.5 Å². The zero-order chi connectivity index (χ0) is 14.7. The SMILES string of the molecule is O=C(N[C@H]1CCOC1)c1ccc(N2CCNCC2)c(F)c1. The number of nitrogens with one attached hydrogen (secondary N) is 2. The lowest BCUT2D eigenvalue weighted by atomic mass is 10.1. The van der Waals surface area contributed by atoms with Crippen molar-refractivity contribution in [3.63, 3.8) is 0 Å². The fourth-order valence-corrected chi connectivity index (χ4v) is 2.73. The minimum absolute atomic E-state index is 0.0356. The molecule has 0 bridgehead atoms. The van der Waals surface area contributed by atoms with Crippen molar-refractivity contribution >= 4 is 11.6 Å². The van der Waals surface area contributed by atoms with Crippen LogP contribution in [0.2, 0.25) is 0 Å². The van der Waals surface area contributed by atoms with Gasteiger partial charge in [-0.15, -0.1) is 0 Å². The lowest BCUT2D eigenvalue weighted by molar-refractivity contribution is 0.0929. The number of amides is 1. The maximum atomic E-state index is 14.2. The van der Waals surface area contributed by atoms with Gasteiger partial charge in [-0.1, -0.05) is 0 Å². The number of carbonyl (C=O) groups is 1. The monoisotopic (exact) mass is 293 g/mol. The number of piperazine rings is 1. The molecule has 3 rings (SSSR count). The van der Waals surface area contributed by atoms with E-state index in [0.717, 1.165) is 32.6 Å². The molecule has 0 radical (unpaired) electrons. The maximum absolute atomic E-state index is 14.2. The quantitative estimate of drug-likeness (QED) is 0.864. The molecule has 6 heteroatoms. The number of benzene rings is 1. The Hall–Kier alpha value is -1.66. The fourth-order valence-electron chi connectivity index (χ4n) is 2.73. The molecule has 2 aliphatic heterocycles. The third-order valence-corrected chi connectivity index (χ3v) is 3.93. The molecule has 2 aliphatic rings. The number of carbonyl (C=O) groups excluding carboxylic acids is 1. The van der Waals surface area contributed by atoms with Crippen LogP contribution in [-0.4, -0.2) is 51.3 Å². The van der Waals surface area contributed by atoms with Crippen molar-refractivity contribution < 1.29 is 13.9 Å². The van der Waals surface area contributed by atoms with E-state index >= 15 is 0 Å². The van der Waals surface area contributed by atoms with Crippen molar-refractivity contribution in [3.05, 3.63) is 29.6 Å². The predicted octanol–water partition coefficient (Wildman–Crippen LogP) is 0.754. The molecule has 0 unspecified atom stereocenters. The van der Waals surface area contributed by atoms with Gasteiger partial charge >= 0.3 is 0 Å². The first-order valence-corrected chi connectivity index (χ1v) is 7.38. The number of nitrogens with zero attached hydrogens (tertiary/aromatic N) is 1. The molecular weight excluding hydrogens is 273 g/mol. The van der Waals surface area contributed by atoms with Crippen molar-refractivity contribution in [3.8, 4) is 0 Å². The highest BCUT2D eigenvalue weighted by atomic mass is 19.1. The zero-order valence-electron chi connectivity index (χ0n) is 11.9. The second kappa shape index (κ2) is 6.41. The van der Waals surface area contributed by atoms with E-state index in [4.69, 9.17) is 4.74 Å². The van der Waals surface area contributed by atoms with Gasteiger partial charge in [0.25, 0.3) is 5.91 Å². The van der Waals surface area contributed by atoms with E-state index in [9.17, 15) is 9.18 Å². The number of ether oxygens (including phenoxy) is 1. The molecule has 1 aromatic rings. The van der Waals surface area contributed by atoms with Crippen LogP contribution in [0.4, 0.5) is 10.1 Å². The van der Waals surface area contributed by atoms with Gasteiger partial charge in [-0.25, -0.2) is 4.39 Å². The second-order valence-electron chi connectivity index (χ2n) is 5.44. The standard InChI is InChI=1S/C15H20FN3O2/c16-13-9-11(15(20)18-12-3-8-21-10-12)1-2-14(13)19-6-4-17-5-7-19/h1-2,9,12,17H,3-8,10H2,(H,18,20)/t12-/m0/s1. The molecule has 114 valence electrons. The Bertz CT molecular complexity index is 512. The number of anilines is 1. The summed E-state index contributed by atoms with van der Waals surface area (Å²) in [5, 5.41) is 6.10. The fraction of sp³-hybridized carbons (Fsp3) is 0.533. The van der Waals surface area contributed by atoms with Crippen LogP contribution in [0.1, 0.15) is 16.8 Å². The van der Waals surface area contributed by atoms with Crippen LogP contribution in [0.3, 0.4) is 0 Å². The summed E-state index contributed by atoms with van der Waals surface area (Å²) in [5.74, 6) is -0.580. The molecule has 0 aromatic heterocycles. The predicted molar refractivity (Wildman–Crippen MR) is 78.2 cm³/mol. The summed E-state index contributed by atoms with van der Waals surface area (Å²) < 4.78 is 19.5. The summed E-state index contributed by atoms with van der Waals surface area (Å²) in [5.41, 5.74) is 0.926. The Kier molecular flexibility index (Phi) is 4.36. The van der Waals surface area contributed by atoms with Crippen LogP contribution < -0.4 is 15.5 Å². The Morgan fingerprint density at radius 1 is 1.38 bits per heavy atom. The van der Waals surface area contributed by atoms with Gasteiger partial charge in [-0.3, -0.25) is 4.79 Å². The van der Waals surface area contributed by atoms with E-state index < -0.39 is 0 Å². The third-order valence-electron chi connectivity index (χ3n) is 3.93. The minimum Gasteiger partial charge on any atom is -0.379 e. The third kappa shape index (κ3) is 3.33. The smallest absolute Gasteiger partial charge is 0.251 e. The van der Waals surface area contributed by atoms with Crippen LogP contribution in [0.25, 0.3) is 0 Å². The molecule has 5 nitrogen and oxygen atoms in total. The van der Waals surface area contributed by atoms with Gasteiger partial charge in [-0.05, 0) is 24.6 Å². The average Bonchev–Trinajstić information content (AvgIpc) is 3.01. The van der Waals surface area contributed by atoms with Crippen molar-refractivity contribution in [2.45, 2.75) is 12.5 Å². The van der Waals surface area contributed by atoms with E-state index in [1.807, 2.05) is 4.90 Å². The summed E-state index contributed by atoms with van der Waals surface area (Å²) in [4.78, 5) is 14.1. The molecule has 2 N–H and O–H groups in total. The van der Waals surface area contributed by atoms with Crippen molar-refractivity contribution in [2.75, 3.05) is 44.3 Å². The highest BCUT2D eigenvalue weighted by Gasteiger charge is 2.20. The number of hydrogen-bond donors (Lipinski definition) is 2. The van der Waals surface area contributed by atoms with Gasteiger partial charge in [0, 0.05) is 38.3 Å². The molecule has 1 amide bonds. The zero-order valence-corrected chi connectivity index (χ0v) is 11.9. The van der Waals surface area contributed by atoms with Gasteiger partial charge in [0.2, 0.25) is 0 Å². The molecular formula is C15H20FN3O2. The van der Waals surface area contributed by atoms with Gasteiger partial charge in [0.1, 0.15) is 5.82 Å². The summed E-state index contributed by atoms with van der Waals surface area (Å²) >= 11 is 0. The first kappa shape index (κ1) is 14.3. The van der Waals surface area contributed by atoms with Crippen molar-refractivity contribution in [2.24, 2.45) is 0 Å². The molecule has 0 aliphatic carbocycles. The lowest BCUT2D eigenvalue weighted by Gasteiger charge is -2.29. The molecule has 21 heavy (non-hydrogen) atoms. The number of halogens is 1. The van der Waals surface area contributed by atoms with Crippen molar-refractivity contribution in [1.29, 1.82) is 0 Å². The first-order valence-electron chi connectivity index (χ1n) is 7.38. The van der Waals surface area contributed by atoms with Crippen LogP contribution in [0.15, 0.2) is 18.2 Å². The molecule has 2 saturated heterocycles. The van der Waals surface area contributed by atoms with Crippen LogP contribution >= 0.6 is 0 Å². The Morgan fingerprint density at radius 2 is 2.19 bits per heavy atom. The normalized spacial score (nSPS) is 22.3. The summed E-state index contributed by atoms with van der Waals surface area (Å²) in [6, 6.07) is 4.74. The van der Waals surface area contributed by atoms with Gasteiger partial charge in [0.05, 0.1) is 18.3 Å². The molecule has 1 atom stereocenters. The van der Waals surface area contributed by atoms with Crippen molar-refractivity contribution in [1.82, 2.24) is 10.6 Å². The first-order chi connectivity index (χ1) is 10.2. The van der Waals surface area contributed by atoms with E-state index in [2.05, 4.69) is 10.6 Å². The summed E-state index contributed by atoms with van der Waals surface area (Å²) in [7, 11) is 0. The van der Waals surface area contributed by atoms with E-state index in [-0.39, 0.29) is 17.8 Å². The molecule has 0 saturated carbocycles. The van der Waals surface area contributed by atoms with Gasteiger partial charge < -0.3 is 20.3 Å². The summed E-state index contributed by atoms with van der Waals surface area (Å²) in [6.45, 7) is 4.46. The van der Waals surface area contributed by atoms with Crippen LogP contribution in [0, 0.1) is 5.82 Å². The molecule has 2 fully saturated rings. The molecule has 2 heterocycles. The Balaban J connectivity index is 1.69. The number of rotatable bonds is 3. The van der Waals surface area contributed by atoms with E-state index in [1.54, 1.807) is 12.1 Å². The van der Waals surface area contributed by atoms with Crippen LogP contribution in [-0.2, 0) is 4.74 Å². The van der Waals surface area contributed by atoms with Gasteiger partial charge in [0.15, 0.2) is 0 Å². The molecule has 1 aromatic carbocycles. The highest BCUT2D eigenvalue weighted by Crippen LogP contribution is 2.21. The molecule has 0 spiro atoms. The largest absolute Gasteiger partial charge is 0.379 e. The number of hydrogen-bond acceptors (Lipinski definition) is 4. The topological polar surface area (TPSA) is 53.6 Å². The maximum Gasteiger partial charge on any atom is 0.251 e. The second-order valence-corrected chi connectivity index (χ2v) is 5.44.